The van der Waals surface area contributed by atoms with E-state index in [4.69, 9.17) is 4.98 Å². The highest BCUT2D eigenvalue weighted by molar-refractivity contribution is 5.93. The molecule has 7 nitrogen and oxygen atoms in total. The first kappa shape index (κ1) is 18.4. The van der Waals surface area contributed by atoms with Crippen LogP contribution >= 0.6 is 0 Å². The Bertz CT molecular complexity index is 1040. The van der Waals surface area contributed by atoms with E-state index in [0.29, 0.717) is 5.69 Å². The maximum Gasteiger partial charge on any atom is 0.269 e. The molecule has 0 radical (unpaired) electrons. The van der Waals surface area contributed by atoms with Gasteiger partial charge in [-0.1, -0.05) is 0 Å². The number of aryl methyl sites for hydroxylation is 4. The third-order valence-corrected chi connectivity index (χ3v) is 5.31. The molecule has 1 amide bonds. The second-order valence-electron chi connectivity index (χ2n) is 7.67. The van der Waals surface area contributed by atoms with Gasteiger partial charge in [0.05, 0.1) is 5.69 Å². The molecule has 1 saturated heterocycles. The van der Waals surface area contributed by atoms with Crippen molar-refractivity contribution in [1.82, 2.24) is 25.1 Å². The first-order chi connectivity index (χ1) is 13.4. The average Bonchev–Trinajstić information content (AvgIpc) is 2.99. The Kier molecular flexibility index (Phi) is 4.75. The van der Waals surface area contributed by atoms with E-state index in [0.717, 1.165) is 54.2 Å². The maximum absolute atomic E-state index is 12.6. The molecule has 0 spiro atoms. The Morgan fingerprint density at radius 1 is 1.14 bits per heavy atom. The van der Waals surface area contributed by atoms with Crippen LogP contribution in [0.4, 0.5) is 5.82 Å². The number of hydrogen-bond donors (Lipinski definition) is 1. The topological polar surface area (TPSA) is 75.9 Å². The van der Waals surface area contributed by atoms with Gasteiger partial charge in [-0.15, -0.1) is 0 Å². The van der Waals surface area contributed by atoms with Crippen molar-refractivity contribution in [1.29, 1.82) is 0 Å². The SMILES string of the molecule is Cc1cc(C)c2ccc(N3CCCC(NC(=O)c4cc(C)nn4C)C3)nc2n1. The van der Waals surface area contributed by atoms with Crippen LogP contribution in [0.1, 0.15) is 40.3 Å². The van der Waals surface area contributed by atoms with Crippen LogP contribution in [0.15, 0.2) is 24.3 Å². The maximum atomic E-state index is 12.6. The summed E-state index contributed by atoms with van der Waals surface area (Å²) in [7, 11) is 1.80. The number of fused-ring (bicyclic) bond motifs is 1. The molecule has 0 aliphatic carbocycles. The van der Waals surface area contributed by atoms with Crippen LogP contribution < -0.4 is 10.2 Å². The van der Waals surface area contributed by atoms with Crippen molar-refractivity contribution in [3.63, 3.8) is 0 Å². The minimum absolute atomic E-state index is 0.0747. The molecule has 0 saturated carbocycles. The average molecular weight is 378 g/mol. The van der Waals surface area contributed by atoms with E-state index in [2.05, 4.69) is 45.4 Å². The Morgan fingerprint density at radius 3 is 2.71 bits per heavy atom. The van der Waals surface area contributed by atoms with Crippen LogP contribution in [0.2, 0.25) is 0 Å². The number of rotatable bonds is 3. The number of nitrogens with zero attached hydrogens (tertiary/aromatic N) is 5. The number of aromatic nitrogens is 4. The van der Waals surface area contributed by atoms with Crippen LogP contribution in [0.5, 0.6) is 0 Å². The molecular weight excluding hydrogens is 352 g/mol. The number of piperidine rings is 1. The van der Waals surface area contributed by atoms with Gasteiger partial charge in [-0.3, -0.25) is 9.48 Å². The third kappa shape index (κ3) is 3.56. The van der Waals surface area contributed by atoms with Gasteiger partial charge in [-0.2, -0.15) is 5.10 Å². The van der Waals surface area contributed by atoms with Crippen molar-refractivity contribution >= 4 is 22.8 Å². The highest BCUT2D eigenvalue weighted by Gasteiger charge is 2.24. The molecule has 1 unspecified atom stereocenters. The number of nitrogens with one attached hydrogen (secondary N) is 1. The molecule has 4 rings (SSSR count). The smallest absolute Gasteiger partial charge is 0.269 e. The fourth-order valence-electron chi connectivity index (χ4n) is 3.98. The van der Waals surface area contributed by atoms with E-state index in [1.54, 1.807) is 11.7 Å². The zero-order valence-electron chi connectivity index (χ0n) is 16.9. The molecule has 7 heteroatoms. The van der Waals surface area contributed by atoms with Crippen molar-refractivity contribution in [2.24, 2.45) is 7.05 Å². The summed E-state index contributed by atoms with van der Waals surface area (Å²) in [5.41, 5.74) is 4.39. The van der Waals surface area contributed by atoms with Crippen LogP contribution in [0, 0.1) is 20.8 Å². The Labute approximate surface area is 164 Å². The zero-order chi connectivity index (χ0) is 19.8. The number of carbonyl (C=O) groups is 1. The van der Waals surface area contributed by atoms with Gasteiger partial charge in [-0.05, 0) is 63.4 Å². The van der Waals surface area contributed by atoms with Gasteiger partial charge in [0.1, 0.15) is 11.5 Å². The lowest BCUT2D eigenvalue weighted by Gasteiger charge is -2.34. The molecule has 3 aromatic heterocycles. The Hall–Kier alpha value is -2.96. The second kappa shape index (κ2) is 7.22. The van der Waals surface area contributed by atoms with Crippen LogP contribution in [-0.2, 0) is 7.05 Å². The molecule has 1 N–H and O–H groups in total. The van der Waals surface area contributed by atoms with Crippen molar-refractivity contribution in [2.75, 3.05) is 18.0 Å². The molecule has 1 atom stereocenters. The predicted octanol–water partition coefficient (Wildman–Crippen LogP) is 2.69. The Morgan fingerprint density at radius 2 is 1.96 bits per heavy atom. The summed E-state index contributed by atoms with van der Waals surface area (Å²) in [6.07, 6.45) is 1.97. The molecule has 4 heterocycles. The summed E-state index contributed by atoms with van der Waals surface area (Å²) in [4.78, 5) is 24.3. The van der Waals surface area contributed by atoms with Gasteiger partial charge in [-0.25, -0.2) is 9.97 Å². The van der Waals surface area contributed by atoms with E-state index in [1.165, 1.54) is 5.56 Å². The first-order valence-corrected chi connectivity index (χ1v) is 9.72. The highest BCUT2D eigenvalue weighted by atomic mass is 16.2. The first-order valence-electron chi connectivity index (χ1n) is 9.72. The second-order valence-corrected chi connectivity index (χ2v) is 7.67. The quantitative estimate of drug-likeness (QED) is 0.758. The minimum Gasteiger partial charge on any atom is -0.354 e. The van der Waals surface area contributed by atoms with E-state index >= 15 is 0 Å². The van der Waals surface area contributed by atoms with Crippen LogP contribution in [0.3, 0.4) is 0 Å². The number of hydrogen-bond acceptors (Lipinski definition) is 5. The Balaban J connectivity index is 1.51. The van der Waals surface area contributed by atoms with E-state index in [1.807, 2.05) is 19.9 Å². The zero-order valence-corrected chi connectivity index (χ0v) is 16.9. The molecule has 0 aromatic carbocycles. The normalized spacial score (nSPS) is 17.1. The fraction of sp³-hybridized carbons (Fsp3) is 0.429. The molecule has 3 aromatic rings. The molecule has 28 heavy (non-hydrogen) atoms. The van der Waals surface area contributed by atoms with E-state index < -0.39 is 0 Å². The minimum atomic E-state index is -0.0747. The fourth-order valence-corrected chi connectivity index (χ4v) is 3.98. The van der Waals surface area contributed by atoms with Gasteiger partial charge >= 0.3 is 0 Å². The lowest BCUT2D eigenvalue weighted by molar-refractivity contribution is 0.0923. The predicted molar refractivity (Wildman–Crippen MR) is 110 cm³/mol. The van der Waals surface area contributed by atoms with Gasteiger partial charge in [0.15, 0.2) is 5.65 Å². The summed E-state index contributed by atoms with van der Waals surface area (Å²) >= 11 is 0. The van der Waals surface area contributed by atoms with Gasteiger partial charge in [0.25, 0.3) is 5.91 Å². The van der Waals surface area contributed by atoms with Crippen LogP contribution in [0.25, 0.3) is 11.0 Å². The number of amides is 1. The van der Waals surface area contributed by atoms with Crippen LogP contribution in [-0.4, -0.2) is 44.8 Å². The van der Waals surface area contributed by atoms with Gasteiger partial charge in [0, 0.05) is 37.3 Å². The number of carbonyl (C=O) groups excluding carboxylic acids is 1. The number of anilines is 1. The third-order valence-electron chi connectivity index (χ3n) is 5.31. The molecule has 1 fully saturated rings. The lowest BCUT2D eigenvalue weighted by Crippen LogP contribution is -2.48. The molecule has 1 aliphatic heterocycles. The summed E-state index contributed by atoms with van der Waals surface area (Å²) in [6.45, 7) is 7.65. The lowest BCUT2D eigenvalue weighted by atomic mass is 10.1. The van der Waals surface area contributed by atoms with E-state index in [-0.39, 0.29) is 11.9 Å². The van der Waals surface area contributed by atoms with Crippen molar-refractivity contribution in [2.45, 2.75) is 39.7 Å². The van der Waals surface area contributed by atoms with Crippen molar-refractivity contribution < 1.29 is 4.79 Å². The van der Waals surface area contributed by atoms with Crippen molar-refractivity contribution in [3.05, 3.63) is 46.9 Å². The molecule has 0 bridgehead atoms. The summed E-state index contributed by atoms with van der Waals surface area (Å²) in [5, 5.41) is 8.50. The van der Waals surface area contributed by atoms with Gasteiger partial charge in [0.2, 0.25) is 0 Å². The van der Waals surface area contributed by atoms with Gasteiger partial charge < -0.3 is 10.2 Å². The summed E-state index contributed by atoms with van der Waals surface area (Å²) in [5.74, 6) is 0.842. The highest BCUT2D eigenvalue weighted by Crippen LogP contribution is 2.23. The molecule has 1 aliphatic rings. The largest absolute Gasteiger partial charge is 0.354 e. The summed E-state index contributed by atoms with van der Waals surface area (Å²) < 4.78 is 1.63. The van der Waals surface area contributed by atoms with Crippen molar-refractivity contribution in [3.8, 4) is 0 Å². The number of pyridine rings is 2. The monoisotopic (exact) mass is 378 g/mol. The standard InChI is InChI=1S/C21H26N6O/c1-13-10-14(2)22-20-17(13)7-8-19(24-20)27-9-5-6-16(12-27)23-21(28)18-11-15(3)25-26(18)4/h7-8,10-11,16H,5-6,9,12H2,1-4H3,(H,23,28). The van der Waals surface area contributed by atoms with E-state index in [9.17, 15) is 4.79 Å². The molecule has 146 valence electrons. The summed E-state index contributed by atoms with van der Waals surface area (Å²) in [6, 6.07) is 8.13. The molecular formula is C21H26N6O.